The van der Waals surface area contributed by atoms with E-state index in [9.17, 15) is 0 Å². The first-order valence-corrected chi connectivity index (χ1v) is 18.4. The lowest BCUT2D eigenvalue weighted by atomic mass is 9.98. The van der Waals surface area contributed by atoms with E-state index < -0.39 is 0 Å². The Bertz CT molecular complexity index is 2950. The van der Waals surface area contributed by atoms with E-state index in [1.54, 1.807) is 12.4 Å². The van der Waals surface area contributed by atoms with Crippen LogP contribution in [0, 0.1) is 6.92 Å². The lowest BCUT2D eigenvalue weighted by Crippen LogP contribution is -1.96. The van der Waals surface area contributed by atoms with Crippen molar-refractivity contribution < 1.29 is 0 Å². The molecule has 10 rings (SSSR count). The normalized spacial score (nSPS) is 11.4. The van der Waals surface area contributed by atoms with Crippen molar-refractivity contribution in [2.45, 2.75) is 6.92 Å². The van der Waals surface area contributed by atoms with Crippen molar-refractivity contribution in [3.63, 3.8) is 0 Å². The molecule has 0 aliphatic carbocycles. The van der Waals surface area contributed by atoms with Gasteiger partial charge in [-0.2, -0.15) is 0 Å². The smallest absolute Gasteiger partial charge is 0.160 e. The van der Waals surface area contributed by atoms with E-state index in [-0.39, 0.29) is 0 Å². The van der Waals surface area contributed by atoms with Gasteiger partial charge in [0.2, 0.25) is 0 Å². The SMILES string of the molecule is Cc1cc(-c2cccc3ccccc23)nc2c1ccc1ccc(-c3ccc(-c4ccc(-c5cc(-c6ccncc6)nc(-c6ccccc6)n5)cc4)cc3)nc12. The second-order valence-electron chi connectivity index (χ2n) is 13.8. The fourth-order valence-corrected chi connectivity index (χ4v) is 7.44. The Kier molecular flexibility index (Phi) is 7.96. The predicted octanol–water partition coefficient (Wildman–Crippen LogP) is 12.4. The summed E-state index contributed by atoms with van der Waals surface area (Å²) in [5.41, 5.74) is 14.1. The molecule has 0 spiro atoms. The highest BCUT2D eigenvalue weighted by Gasteiger charge is 2.14. The Morgan fingerprint density at radius 3 is 1.69 bits per heavy atom. The van der Waals surface area contributed by atoms with Gasteiger partial charge in [-0.15, -0.1) is 0 Å². The summed E-state index contributed by atoms with van der Waals surface area (Å²) in [6.45, 7) is 2.16. The molecule has 0 aliphatic heterocycles. The van der Waals surface area contributed by atoms with Gasteiger partial charge in [0.15, 0.2) is 5.82 Å². The monoisotopic (exact) mass is 703 g/mol. The van der Waals surface area contributed by atoms with E-state index in [1.165, 1.54) is 16.3 Å². The summed E-state index contributed by atoms with van der Waals surface area (Å²) in [7, 11) is 0. The van der Waals surface area contributed by atoms with Crippen molar-refractivity contribution in [3.8, 4) is 67.5 Å². The number of fused-ring (bicyclic) bond motifs is 4. The van der Waals surface area contributed by atoms with Gasteiger partial charge in [-0.05, 0) is 64.7 Å². The standard InChI is InChI=1S/C50H33N5/c1-32-30-47(43-13-7-11-35-8-5-6-12-42(35)43)53-49-41(32)24-22-39-23-25-44(52-48(39)49)36-18-14-33(15-19-36)34-16-20-37(21-17-34)45-31-46(38-26-28-51-29-27-38)55-50(54-45)40-9-3-2-4-10-40/h2-31H,1H3. The van der Waals surface area contributed by atoms with Crippen LogP contribution in [0.5, 0.6) is 0 Å². The molecule has 4 aromatic heterocycles. The number of hydrogen-bond donors (Lipinski definition) is 0. The number of benzene rings is 6. The molecule has 0 fully saturated rings. The zero-order chi connectivity index (χ0) is 36.7. The molecule has 0 atom stereocenters. The third-order valence-electron chi connectivity index (χ3n) is 10.3. The Morgan fingerprint density at radius 2 is 0.945 bits per heavy atom. The summed E-state index contributed by atoms with van der Waals surface area (Å²) in [6.07, 6.45) is 3.58. The molecule has 0 aliphatic rings. The maximum Gasteiger partial charge on any atom is 0.160 e. The third kappa shape index (κ3) is 6.08. The molecular weight excluding hydrogens is 671 g/mol. The number of aromatic nitrogens is 5. The molecule has 4 heterocycles. The van der Waals surface area contributed by atoms with Gasteiger partial charge in [-0.1, -0.05) is 140 Å². The van der Waals surface area contributed by atoms with Crippen LogP contribution in [0.1, 0.15) is 5.56 Å². The zero-order valence-corrected chi connectivity index (χ0v) is 30.1. The highest BCUT2D eigenvalue weighted by Crippen LogP contribution is 2.35. The molecule has 5 nitrogen and oxygen atoms in total. The fourth-order valence-electron chi connectivity index (χ4n) is 7.44. The van der Waals surface area contributed by atoms with E-state index in [1.807, 2.05) is 48.5 Å². The summed E-state index contributed by atoms with van der Waals surface area (Å²) < 4.78 is 0. The van der Waals surface area contributed by atoms with Crippen molar-refractivity contribution in [3.05, 3.63) is 188 Å². The van der Waals surface area contributed by atoms with Crippen LogP contribution in [-0.2, 0) is 0 Å². The molecular formula is C50H33N5. The van der Waals surface area contributed by atoms with E-state index in [0.29, 0.717) is 5.82 Å². The average Bonchev–Trinajstić information content (AvgIpc) is 3.26. The van der Waals surface area contributed by atoms with Gasteiger partial charge in [0.25, 0.3) is 0 Å². The summed E-state index contributed by atoms with van der Waals surface area (Å²) in [5, 5.41) is 4.59. The van der Waals surface area contributed by atoms with Gasteiger partial charge in [0.1, 0.15) is 0 Å². The molecule has 0 saturated carbocycles. The van der Waals surface area contributed by atoms with Crippen LogP contribution in [0.25, 0.3) is 100 Å². The van der Waals surface area contributed by atoms with Crippen molar-refractivity contribution >= 4 is 32.6 Å². The number of pyridine rings is 3. The molecule has 0 N–H and O–H groups in total. The van der Waals surface area contributed by atoms with Crippen LogP contribution in [-0.4, -0.2) is 24.9 Å². The van der Waals surface area contributed by atoms with Crippen molar-refractivity contribution in [2.75, 3.05) is 0 Å². The first-order valence-electron chi connectivity index (χ1n) is 18.4. The maximum atomic E-state index is 5.27. The Labute approximate surface area is 318 Å². The summed E-state index contributed by atoms with van der Waals surface area (Å²) >= 11 is 0. The molecule has 0 saturated heterocycles. The number of aryl methyl sites for hydroxylation is 1. The quantitative estimate of drug-likeness (QED) is 0.161. The largest absolute Gasteiger partial charge is 0.265 e. The average molecular weight is 704 g/mol. The van der Waals surface area contributed by atoms with Crippen LogP contribution in [0.4, 0.5) is 0 Å². The highest BCUT2D eigenvalue weighted by atomic mass is 14.9. The fraction of sp³-hybridized carbons (Fsp3) is 0.0200. The topological polar surface area (TPSA) is 64.5 Å². The highest BCUT2D eigenvalue weighted by molar-refractivity contribution is 6.06. The Balaban J connectivity index is 0.975. The lowest BCUT2D eigenvalue weighted by molar-refractivity contribution is 1.18. The molecule has 258 valence electrons. The summed E-state index contributed by atoms with van der Waals surface area (Å²) in [5.74, 6) is 0.691. The minimum atomic E-state index is 0.691. The number of nitrogens with zero attached hydrogens (tertiary/aromatic N) is 5. The third-order valence-corrected chi connectivity index (χ3v) is 10.3. The molecule has 55 heavy (non-hydrogen) atoms. The maximum absolute atomic E-state index is 5.27. The first kappa shape index (κ1) is 32.3. The predicted molar refractivity (Wildman–Crippen MR) is 225 cm³/mol. The second-order valence-corrected chi connectivity index (χ2v) is 13.8. The van der Waals surface area contributed by atoms with E-state index in [2.05, 4.69) is 133 Å². The van der Waals surface area contributed by atoms with E-state index >= 15 is 0 Å². The molecule has 0 radical (unpaired) electrons. The number of rotatable bonds is 6. The Hall–Kier alpha value is -7.37. The zero-order valence-electron chi connectivity index (χ0n) is 30.1. The molecule has 6 aromatic carbocycles. The van der Waals surface area contributed by atoms with Crippen LogP contribution in [0.15, 0.2) is 182 Å². The molecule has 10 aromatic rings. The van der Waals surface area contributed by atoms with Crippen LogP contribution in [0.2, 0.25) is 0 Å². The van der Waals surface area contributed by atoms with Crippen molar-refractivity contribution in [2.24, 2.45) is 0 Å². The van der Waals surface area contributed by atoms with Gasteiger partial charge in [0, 0.05) is 51.0 Å². The molecule has 0 amide bonds. The van der Waals surface area contributed by atoms with Gasteiger partial charge in [-0.25, -0.2) is 19.9 Å². The second kappa shape index (κ2) is 13.6. The number of hydrogen-bond acceptors (Lipinski definition) is 5. The minimum Gasteiger partial charge on any atom is -0.265 e. The van der Waals surface area contributed by atoms with Crippen LogP contribution < -0.4 is 0 Å². The van der Waals surface area contributed by atoms with E-state index in [0.717, 1.165) is 83.5 Å². The van der Waals surface area contributed by atoms with Gasteiger partial charge in [-0.3, -0.25) is 4.98 Å². The van der Waals surface area contributed by atoms with Gasteiger partial charge >= 0.3 is 0 Å². The van der Waals surface area contributed by atoms with E-state index in [4.69, 9.17) is 19.9 Å². The van der Waals surface area contributed by atoms with Gasteiger partial charge < -0.3 is 0 Å². The first-order chi connectivity index (χ1) is 27.1. The lowest BCUT2D eigenvalue weighted by Gasteiger charge is -2.12. The van der Waals surface area contributed by atoms with Crippen molar-refractivity contribution in [1.82, 2.24) is 24.9 Å². The van der Waals surface area contributed by atoms with Crippen LogP contribution in [0.3, 0.4) is 0 Å². The van der Waals surface area contributed by atoms with Crippen LogP contribution >= 0.6 is 0 Å². The molecule has 5 heteroatoms. The minimum absolute atomic E-state index is 0.691. The molecule has 0 bridgehead atoms. The van der Waals surface area contributed by atoms with Gasteiger partial charge in [0.05, 0.1) is 33.8 Å². The molecule has 0 unspecified atom stereocenters. The summed E-state index contributed by atoms with van der Waals surface area (Å²) in [4.78, 5) is 24.6. The Morgan fingerprint density at radius 1 is 0.345 bits per heavy atom. The summed E-state index contributed by atoms with van der Waals surface area (Å²) in [6, 6.07) is 59.0. The van der Waals surface area contributed by atoms with Crippen molar-refractivity contribution in [1.29, 1.82) is 0 Å².